The number of hydrogen-bond acceptors (Lipinski definition) is 4. The fourth-order valence-corrected chi connectivity index (χ4v) is 3.63. The first kappa shape index (κ1) is 18.8. The highest BCUT2D eigenvalue weighted by atomic mass is 19.1. The van der Waals surface area contributed by atoms with E-state index in [-0.39, 0.29) is 18.1 Å². The van der Waals surface area contributed by atoms with Crippen LogP contribution in [0.25, 0.3) is 22.3 Å². The van der Waals surface area contributed by atoms with Gasteiger partial charge in [-0.1, -0.05) is 42.5 Å². The summed E-state index contributed by atoms with van der Waals surface area (Å²) in [5, 5.41) is 10.6. The molecule has 0 unspecified atom stereocenters. The van der Waals surface area contributed by atoms with Gasteiger partial charge in [0.05, 0.1) is 35.9 Å². The van der Waals surface area contributed by atoms with Crippen molar-refractivity contribution >= 4 is 23.0 Å². The molecule has 1 aliphatic heterocycles. The number of rotatable bonds is 3. The van der Waals surface area contributed by atoms with Crippen LogP contribution in [0.4, 0.5) is 15.8 Å². The van der Waals surface area contributed by atoms with Crippen molar-refractivity contribution in [1.29, 1.82) is 0 Å². The average Bonchev–Trinajstić information content (AvgIpc) is 2.97. The number of amides is 1. The van der Waals surface area contributed by atoms with Gasteiger partial charge < -0.3 is 5.32 Å². The van der Waals surface area contributed by atoms with E-state index in [1.807, 2.05) is 36.4 Å². The Morgan fingerprint density at radius 1 is 0.806 bits per heavy atom. The number of benzene rings is 3. The van der Waals surface area contributed by atoms with Crippen molar-refractivity contribution in [3.8, 4) is 22.3 Å². The van der Waals surface area contributed by atoms with Crippen molar-refractivity contribution in [1.82, 2.24) is 10.2 Å². The van der Waals surface area contributed by atoms with Crippen LogP contribution < -0.4 is 5.32 Å². The molecule has 1 amide bonds. The van der Waals surface area contributed by atoms with Crippen LogP contribution in [0.15, 0.2) is 90.2 Å². The second-order valence-electron chi connectivity index (χ2n) is 7.21. The van der Waals surface area contributed by atoms with Gasteiger partial charge in [0.2, 0.25) is 5.91 Å². The summed E-state index contributed by atoms with van der Waals surface area (Å²) >= 11 is 0. The zero-order valence-corrected chi connectivity index (χ0v) is 16.4. The largest absolute Gasteiger partial charge is 0.324 e. The van der Waals surface area contributed by atoms with Crippen molar-refractivity contribution in [2.24, 2.45) is 4.99 Å². The van der Waals surface area contributed by atoms with Crippen molar-refractivity contribution in [3.05, 3.63) is 96.6 Å². The molecule has 0 fully saturated rings. The molecule has 1 N–H and O–H groups in total. The Morgan fingerprint density at radius 3 is 2.52 bits per heavy atom. The van der Waals surface area contributed by atoms with E-state index in [4.69, 9.17) is 4.99 Å². The summed E-state index contributed by atoms with van der Waals surface area (Å²) in [6.45, 7) is 0. The van der Waals surface area contributed by atoms with Crippen molar-refractivity contribution < 1.29 is 9.18 Å². The van der Waals surface area contributed by atoms with Gasteiger partial charge in [0, 0.05) is 11.1 Å². The van der Waals surface area contributed by atoms with E-state index in [2.05, 4.69) is 15.5 Å². The van der Waals surface area contributed by atoms with E-state index in [1.165, 1.54) is 6.07 Å². The fraction of sp³-hybridized carbons (Fsp3) is 0.0400. The molecule has 5 nitrogen and oxygen atoms in total. The lowest BCUT2D eigenvalue weighted by Gasteiger charge is -2.09. The summed E-state index contributed by atoms with van der Waals surface area (Å²) in [6.07, 6.45) is 3.48. The van der Waals surface area contributed by atoms with Crippen LogP contribution in [0.3, 0.4) is 0 Å². The van der Waals surface area contributed by atoms with E-state index >= 15 is 0 Å². The second kappa shape index (κ2) is 7.91. The molecule has 150 valence electrons. The van der Waals surface area contributed by atoms with Gasteiger partial charge >= 0.3 is 0 Å². The Kier molecular flexibility index (Phi) is 4.80. The number of carbonyl (C=O) groups is 1. The van der Waals surface area contributed by atoms with Crippen LogP contribution in [0.1, 0.15) is 12.0 Å². The Bertz CT molecular complexity index is 1320. The van der Waals surface area contributed by atoms with E-state index in [0.29, 0.717) is 28.2 Å². The first-order valence-electron chi connectivity index (χ1n) is 9.81. The topological polar surface area (TPSA) is 67.2 Å². The number of aromatic nitrogens is 2. The third-order valence-corrected chi connectivity index (χ3v) is 5.15. The molecule has 31 heavy (non-hydrogen) atoms. The standard InChI is InChI=1S/C25H17FN4O/c26-21-7-2-1-6-20(21)17-8-9-22-24(13-17)30-25(31)14-23(29-22)18-5-3-4-16(12-18)19-10-11-27-28-15-19/h1-13,15H,14H2,(H,30,31). The normalized spacial score (nSPS) is 13.1. The van der Waals surface area contributed by atoms with Crippen molar-refractivity contribution in [2.45, 2.75) is 6.42 Å². The zero-order chi connectivity index (χ0) is 21.2. The lowest BCUT2D eigenvalue weighted by atomic mass is 10.0. The molecular formula is C25H17FN4O. The van der Waals surface area contributed by atoms with E-state index < -0.39 is 0 Å². The third-order valence-electron chi connectivity index (χ3n) is 5.15. The van der Waals surface area contributed by atoms with Crippen LogP contribution >= 0.6 is 0 Å². The summed E-state index contributed by atoms with van der Waals surface area (Å²) in [5.74, 6) is -0.479. The van der Waals surface area contributed by atoms with E-state index in [0.717, 1.165) is 16.7 Å². The first-order valence-corrected chi connectivity index (χ1v) is 9.81. The monoisotopic (exact) mass is 408 g/mol. The highest BCUT2D eigenvalue weighted by molar-refractivity contribution is 6.17. The molecule has 0 spiro atoms. The molecule has 2 heterocycles. The molecule has 1 aromatic heterocycles. The van der Waals surface area contributed by atoms with Crippen LogP contribution in [-0.2, 0) is 4.79 Å². The molecule has 0 aliphatic carbocycles. The van der Waals surface area contributed by atoms with E-state index in [1.54, 1.807) is 42.7 Å². The van der Waals surface area contributed by atoms with Crippen LogP contribution in [-0.4, -0.2) is 21.8 Å². The minimum Gasteiger partial charge on any atom is -0.324 e. The van der Waals surface area contributed by atoms with Gasteiger partial charge in [-0.2, -0.15) is 10.2 Å². The van der Waals surface area contributed by atoms with Crippen LogP contribution in [0.5, 0.6) is 0 Å². The number of anilines is 1. The minimum atomic E-state index is -0.311. The van der Waals surface area contributed by atoms with Gasteiger partial charge in [-0.3, -0.25) is 9.79 Å². The van der Waals surface area contributed by atoms with Gasteiger partial charge in [-0.05, 0) is 47.0 Å². The van der Waals surface area contributed by atoms with Crippen LogP contribution in [0.2, 0.25) is 0 Å². The highest BCUT2D eigenvalue weighted by Crippen LogP contribution is 2.34. The first-order chi connectivity index (χ1) is 15.2. The highest BCUT2D eigenvalue weighted by Gasteiger charge is 2.18. The number of halogens is 1. The van der Waals surface area contributed by atoms with Gasteiger partial charge in [-0.15, -0.1) is 0 Å². The SMILES string of the molecule is O=C1CC(c2cccc(-c3ccnnc3)c2)=Nc2ccc(-c3ccccc3F)cc2N1. The Morgan fingerprint density at radius 2 is 1.68 bits per heavy atom. The Labute approximate surface area is 178 Å². The molecule has 6 heteroatoms. The predicted molar refractivity (Wildman–Crippen MR) is 119 cm³/mol. The van der Waals surface area contributed by atoms with E-state index in [9.17, 15) is 9.18 Å². The molecular weight excluding hydrogens is 391 g/mol. The molecule has 0 saturated carbocycles. The van der Waals surface area contributed by atoms with Gasteiger partial charge in [0.15, 0.2) is 0 Å². The summed E-state index contributed by atoms with van der Waals surface area (Å²) in [5.41, 5.74) is 5.79. The summed E-state index contributed by atoms with van der Waals surface area (Å²) < 4.78 is 14.2. The number of fused-ring (bicyclic) bond motifs is 1. The van der Waals surface area contributed by atoms with Crippen LogP contribution in [0, 0.1) is 5.82 Å². The van der Waals surface area contributed by atoms with Gasteiger partial charge in [0.1, 0.15) is 5.82 Å². The molecule has 0 saturated heterocycles. The quantitative estimate of drug-likeness (QED) is 0.493. The molecule has 0 bridgehead atoms. The Hall–Kier alpha value is -4.19. The van der Waals surface area contributed by atoms with Gasteiger partial charge in [0.25, 0.3) is 0 Å². The molecule has 1 aliphatic rings. The third kappa shape index (κ3) is 3.83. The van der Waals surface area contributed by atoms with Crippen molar-refractivity contribution in [2.75, 3.05) is 5.32 Å². The summed E-state index contributed by atoms with van der Waals surface area (Å²) in [7, 11) is 0. The number of nitrogens with zero attached hydrogens (tertiary/aromatic N) is 3. The lowest BCUT2D eigenvalue weighted by molar-refractivity contribution is -0.115. The molecule has 4 aromatic rings. The summed E-state index contributed by atoms with van der Waals surface area (Å²) in [4.78, 5) is 17.4. The minimum absolute atomic E-state index is 0.141. The lowest BCUT2D eigenvalue weighted by Crippen LogP contribution is -2.15. The number of nitrogens with one attached hydrogen (secondary N) is 1. The molecule has 0 radical (unpaired) electrons. The summed E-state index contributed by atoms with van der Waals surface area (Å²) in [6, 6.07) is 21.7. The number of aliphatic imine (C=N–C) groups is 1. The predicted octanol–water partition coefficient (Wildman–Crippen LogP) is 5.41. The molecule has 5 rings (SSSR count). The maximum absolute atomic E-state index is 14.2. The second-order valence-corrected chi connectivity index (χ2v) is 7.21. The average molecular weight is 408 g/mol. The zero-order valence-electron chi connectivity index (χ0n) is 16.4. The van der Waals surface area contributed by atoms with Gasteiger partial charge in [-0.25, -0.2) is 4.39 Å². The fourth-order valence-electron chi connectivity index (χ4n) is 3.63. The maximum atomic E-state index is 14.2. The molecule has 3 aromatic carbocycles. The number of hydrogen-bond donors (Lipinski definition) is 1. The number of carbonyl (C=O) groups excluding carboxylic acids is 1. The Balaban J connectivity index is 1.55. The van der Waals surface area contributed by atoms with Crippen molar-refractivity contribution in [3.63, 3.8) is 0 Å². The molecule has 0 atom stereocenters. The smallest absolute Gasteiger partial charge is 0.230 e. The maximum Gasteiger partial charge on any atom is 0.230 e.